The number of rotatable bonds is 4. The zero-order chi connectivity index (χ0) is 22.5. The number of fused-ring (bicyclic) bond motifs is 1. The summed E-state index contributed by atoms with van der Waals surface area (Å²) >= 11 is 1.84. The number of hydrogen-bond donors (Lipinski definition) is 1. The van der Waals surface area contributed by atoms with Gasteiger partial charge in [-0.1, -0.05) is 23.8 Å². The Bertz CT molecular complexity index is 1070. The van der Waals surface area contributed by atoms with Gasteiger partial charge in [-0.15, -0.1) is 0 Å². The SMILES string of the molecule is Cc1cc(C)c(NC(=O)C2(N3C(=O)CC3c3ccc4c(c3)OCO4)CCSCC2)c(C)c1. The number of amides is 2. The van der Waals surface area contributed by atoms with E-state index in [-0.39, 0.29) is 24.6 Å². The van der Waals surface area contributed by atoms with Gasteiger partial charge in [-0.2, -0.15) is 11.8 Å². The van der Waals surface area contributed by atoms with Crippen molar-refractivity contribution in [3.05, 3.63) is 52.6 Å². The molecule has 0 spiro atoms. The van der Waals surface area contributed by atoms with Crippen molar-refractivity contribution in [2.45, 2.75) is 51.6 Å². The third kappa shape index (κ3) is 3.43. The van der Waals surface area contributed by atoms with E-state index in [9.17, 15) is 9.59 Å². The van der Waals surface area contributed by atoms with E-state index in [2.05, 4.69) is 24.4 Å². The van der Waals surface area contributed by atoms with Crippen LogP contribution < -0.4 is 14.8 Å². The third-order valence-electron chi connectivity index (χ3n) is 6.85. The Labute approximate surface area is 192 Å². The molecule has 0 radical (unpaired) electrons. The van der Waals surface area contributed by atoms with Crippen LogP contribution in [0.25, 0.3) is 0 Å². The number of aryl methyl sites for hydroxylation is 3. The first-order valence-corrected chi connectivity index (χ1v) is 12.2. The van der Waals surface area contributed by atoms with Gasteiger partial charge in [0.15, 0.2) is 11.5 Å². The van der Waals surface area contributed by atoms with E-state index < -0.39 is 5.54 Å². The van der Waals surface area contributed by atoms with Crippen molar-refractivity contribution in [2.75, 3.05) is 23.6 Å². The molecule has 2 amide bonds. The second kappa shape index (κ2) is 8.03. The molecule has 7 heteroatoms. The highest BCUT2D eigenvalue weighted by Gasteiger charge is 2.55. The number of carbonyl (C=O) groups is 2. The summed E-state index contributed by atoms with van der Waals surface area (Å²) in [6.45, 7) is 6.30. The van der Waals surface area contributed by atoms with Crippen LogP contribution in [-0.4, -0.2) is 40.6 Å². The second-order valence-corrected chi connectivity index (χ2v) is 10.2. The van der Waals surface area contributed by atoms with Gasteiger partial charge in [0.2, 0.25) is 18.6 Å². The number of β-lactam (4-membered cyclic amide) rings is 1. The molecular formula is C25H28N2O4S. The van der Waals surface area contributed by atoms with Crippen molar-refractivity contribution >= 4 is 29.3 Å². The van der Waals surface area contributed by atoms with Crippen LogP contribution in [0.1, 0.15) is 47.6 Å². The predicted molar refractivity (Wildman–Crippen MR) is 125 cm³/mol. The Morgan fingerprint density at radius 1 is 1.06 bits per heavy atom. The smallest absolute Gasteiger partial charge is 0.250 e. The van der Waals surface area contributed by atoms with E-state index in [1.54, 1.807) is 0 Å². The fraction of sp³-hybridized carbons (Fsp3) is 0.440. The maximum atomic E-state index is 13.9. The lowest BCUT2D eigenvalue weighted by Gasteiger charge is -2.54. The van der Waals surface area contributed by atoms with Crippen LogP contribution in [0.5, 0.6) is 11.5 Å². The van der Waals surface area contributed by atoms with Gasteiger partial charge in [0.25, 0.3) is 0 Å². The van der Waals surface area contributed by atoms with E-state index in [0.717, 1.165) is 39.6 Å². The number of anilines is 1. The van der Waals surface area contributed by atoms with Crippen molar-refractivity contribution in [3.63, 3.8) is 0 Å². The number of hydrogen-bond acceptors (Lipinski definition) is 5. The maximum absolute atomic E-state index is 13.9. The largest absolute Gasteiger partial charge is 0.454 e. The van der Waals surface area contributed by atoms with Crippen molar-refractivity contribution in [2.24, 2.45) is 0 Å². The molecule has 0 aliphatic carbocycles. The molecule has 2 saturated heterocycles. The lowest BCUT2D eigenvalue weighted by atomic mass is 9.80. The fourth-order valence-electron chi connectivity index (χ4n) is 5.23. The van der Waals surface area contributed by atoms with E-state index in [1.807, 2.05) is 48.7 Å². The van der Waals surface area contributed by atoms with Gasteiger partial charge < -0.3 is 19.7 Å². The highest BCUT2D eigenvalue weighted by atomic mass is 32.2. The highest BCUT2D eigenvalue weighted by molar-refractivity contribution is 7.99. The Kier molecular flexibility index (Phi) is 5.32. The molecule has 1 unspecified atom stereocenters. The van der Waals surface area contributed by atoms with Crippen LogP contribution >= 0.6 is 11.8 Å². The summed E-state index contributed by atoms with van der Waals surface area (Å²) in [4.78, 5) is 28.7. The molecule has 168 valence electrons. The number of nitrogens with one attached hydrogen (secondary N) is 1. The Hall–Kier alpha value is -2.67. The number of likely N-dealkylation sites (tertiary alicyclic amines) is 1. The van der Waals surface area contributed by atoms with Crippen LogP contribution in [0.4, 0.5) is 5.69 Å². The lowest BCUT2D eigenvalue weighted by Crippen LogP contribution is -2.66. The number of ether oxygens (including phenoxy) is 2. The quantitative estimate of drug-likeness (QED) is 0.691. The highest BCUT2D eigenvalue weighted by Crippen LogP contribution is 2.48. The molecule has 1 atom stereocenters. The first-order valence-electron chi connectivity index (χ1n) is 11.1. The Morgan fingerprint density at radius 3 is 2.44 bits per heavy atom. The summed E-state index contributed by atoms with van der Waals surface area (Å²) in [5.41, 5.74) is 4.25. The lowest BCUT2D eigenvalue weighted by molar-refractivity contribution is -0.164. The first-order chi connectivity index (χ1) is 15.4. The monoisotopic (exact) mass is 452 g/mol. The first kappa shape index (κ1) is 21.2. The van der Waals surface area contributed by atoms with Crippen molar-refractivity contribution in [1.29, 1.82) is 0 Å². The second-order valence-electron chi connectivity index (χ2n) is 8.97. The predicted octanol–water partition coefficient (Wildman–Crippen LogP) is 4.52. The molecule has 0 bridgehead atoms. The molecule has 32 heavy (non-hydrogen) atoms. The van der Waals surface area contributed by atoms with Crippen molar-refractivity contribution in [1.82, 2.24) is 4.90 Å². The molecule has 2 fully saturated rings. The molecule has 3 heterocycles. The van der Waals surface area contributed by atoms with E-state index in [0.29, 0.717) is 25.0 Å². The molecule has 2 aromatic carbocycles. The zero-order valence-electron chi connectivity index (χ0n) is 18.7. The number of thioether (sulfide) groups is 1. The topological polar surface area (TPSA) is 67.9 Å². The third-order valence-corrected chi connectivity index (χ3v) is 7.83. The van der Waals surface area contributed by atoms with Gasteiger partial charge in [0.05, 0.1) is 12.5 Å². The molecule has 0 aromatic heterocycles. The number of carbonyl (C=O) groups excluding carboxylic acids is 2. The Morgan fingerprint density at radius 2 is 1.75 bits per heavy atom. The summed E-state index contributed by atoms with van der Waals surface area (Å²) in [5.74, 6) is 3.09. The molecule has 2 aromatic rings. The van der Waals surface area contributed by atoms with Gasteiger partial charge in [0.1, 0.15) is 5.54 Å². The van der Waals surface area contributed by atoms with E-state index in [1.165, 1.54) is 5.56 Å². The van der Waals surface area contributed by atoms with E-state index >= 15 is 0 Å². The molecule has 1 N–H and O–H groups in total. The van der Waals surface area contributed by atoms with E-state index in [4.69, 9.17) is 9.47 Å². The van der Waals surface area contributed by atoms with Crippen LogP contribution in [0.2, 0.25) is 0 Å². The number of benzene rings is 2. The van der Waals surface area contributed by atoms with Crippen molar-refractivity contribution < 1.29 is 19.1 Å². The zero-order valence-corrected chi connectivity index (χ0v) is 19.5. The maximum Gasteiger partial charge on any atom is 0.250 e. The summed E-state index contributed by atoms with van der Waals surface area (Å²) in [6.07, 6.45) is 1.71. The molecule has 5 rings (SSSR count). The molecule has 6 nitrogen and oxygen atoms in total. The average Bonchev–Trinajstić information content (AvgIpc) is 3.22. The van der Waals surface area contributed by atoms with Crippen molar-refractivity contribution in [3.8, 4) is 11.5 Å². The minimum Gasteiger partial charge on any atom is -0.454 e. The summed E-state index contributed by atoms with van der Waals surface area (Å²) in [6, 6.07) is 9.85. The fourth-order valence-corrected chi connectivity index (χ4v) is 6.40. The standard InChI is InChI=1S/C25H28N2O4S/c1-15-10-16(2)23(17(3)11-15)26-24(29)25(6-8-32-9-7-25)27-19(13-22(27)28)18-4-5-20-21(12-18)31-14-30-20/h4-5,10-12,19H,6-9,13-14H2,1-3H3,(H,26,29). The molecule has 3 aliphatic heterocycles. The van der Waals surface area contributed by atoms with Crippen LogP contribution in [-0.2, 0) is 9.59 Å². The van der Waals surface area contributed by atoms with Crippen LogP contribution in [0, 0.1) is 20.8 Å². The minimum absolute atomic E-state index is 0.0343. The van der Waals surface area contributed by atoms with Gasteiger partial charge in [0, 0.05) is 5.69 Å². The summed E-state index contributed by atoms with van der Waals surface area (Å²) in [5, 5.41) is 3.21. The summed E-state index contributed by atoms with van der Waals surface area (Å²) < 4.78 is 11.0. The number of nitrogens with zero attached hydrogens (tertiary/aromatic N) is 1. The van der Waals surface area contributed by atoms with Gasteiger partial charge in [-0.3, -0.25) is 9.59 Å². The average molecular weight is 453 g/mol. The van der Waals surface area contributed by atoms with Crippen LogP contribution in [0.3, 0.4) is 0 Å². The molecular weight excluding hydrogens is 424 g/mol. The van der Waals surface area contributed by atoms with Gasteiger partial charge in [-0.25, -0.2) is 0 Å². The Balaban J connectivity index is 1.48. The van der Waals surface area contributed by atoms with Gasteiger partial charge >= 0.3 is 0 Å². The molecule has 3 aliphatic rings. The molecule has 0 saturated carbocycles. The normalized spacial score (nSPS) is 21.3. The summed E-state index contributed by atoms with van der Waals surface area (Å²) in [7, 11) is 0. The van der Waals surface area contributed by atoms with Crippen LogP contribution in [0.15, 0.2) is 30.3 Å². The minimum atomic E-state index is -0.842. The van der Waals surface area contributed by atoms with Gasteiger partial charge in [-0.05, 0) is 73.9 Å².